The lowest BCUT2D eigenvalue weighted by molar-refractivity contribution is 0.102. The Bertz CT molecular complexity index is 826. The maximum atomic E-state index is 12.5. The van der Waals surface area contributed by atoms with Crippen molar-refractivity contribution in [3.63, 3.8) is 0 Å². The van der Waals surface area contributed by atoms with Gasteiger partial charge in [-0.2, -0.15) is 0 Å². The fraction of sp³-hybridized carbons (Fsp3) is 0.294. The number of aromatic nitrogens is 3. The molecule has 0 spiro atoms. The number of amides is 1. The van der Waals surface area contributed by atoms with Gasteiger partial charge in [-0.05, 0) is 13.3 Å². The number of aryl methyl sites for hydroxylation is 2. The largest absolute Gasteiger partial charge is 0.296 e. The number of thiazole rings is 1. The highest BCUT2D eigenvalue weighted by Gasteiger charge is 2.17. The third kappa shape index (κ3) is 3.85. The Hall–Kier alpha value is -2.12. The first-order valence-electron chi connectivity index (χ1n) is 7.84. The van der Waals surface area contributed by atoms with Crippen molar-refractivity contribution < 1.29 is 4.79 Å². The van der Waals surface area contributed by atoms with Gasteiger partial charge in [0, 0.05) is 12.0 Å². The van der Waals surface area contributed by atoms with Crippen LogP contribution in [0.15, 0.2) is 30.3 Å². The molecule has 3 rings (SSSR count). The van der Waals surface area contributed by atoms with Crippen molar-refractivity contribution in [1.29, 1.82) is 0 Å². The lowest BCUT2D eigenvalue weighted by atomic mass is 10.2. The summed E-state index contributed by atoms with van der Waals surface area (Å²) in [5.74, 6) is -0.176. The molecule has 1 N–H and O–H groups in total. The fourth-order valence-electron chi connectivity index (χ4n) is 2.20. The molecule has 1 aromatic carbocycles. The van der Waals surface area contributed by atoms with E-state index >= 15 is 0 Å². The van der Waals surface area contributed by atoms with Crippen molar-refractivity contribution in [1.82, 2.24) is 15.2 Å². The summed E-state index contributed by atoms with van der Waals surface area (Å²) in [6.07, 6.45) is 3.10. The third-order valence-electron chi connectivity index (χ3n) is 3.46. The van der Waals surface area contributed by atoms with Gasteiger partial charge in [0.05, 0.1) is 5.69 Å². The van der Waals surface area contributed by atoms with E-state index in [1.165, 1.54) is 22.7 Å². The molecule has 0 saturated carbocycles. The van der Waals surface area contributed by atoms with Gasteiger partial charge < -0.3 is 0 Å². The zero-order valence-corrected chi connectivity index (χ0v) is 15.2. The first kappa shape index (κ1) is 16.7. The Kier molecular flexibility index (Phi) is 5.32. The van der Waals surface area contributed by atoms with Crippen LogP contribution in [0.5, 0.6) is 0 Å². The minimum absolute atomic E-state index is 0.176. The molecule has 2 heterocycles. The molecule has 0 radical (unpaired) electrons. The predicted molar refractivity (Wildman–Crippen MR) is 98.8 cm³/mol. The standard InChI is InChI=1S/C17H18N4OS2/c1-3-4-10-13-20-21-17(23-13)19-15(22)14-11(2)18-16(24-14)12-8-6-5-7-9-12/h5-9H,3-4,10H2,1-2H3,(H,19,21,22). The van der Waals surface area contributed by atoms with Crippen LogP contribution in [0, 0.1) is 6.92 Å². The van der Waals surface area contributed by atoms with Gasteiger partial charge in [-0.15, -0.1) is 21.5 Å². The lowest BCUT2D eigenvalue weighted by Gasteiger charge is -1.98. The topological polar surface area (TPSA) is 67.8 Å². The van der Waals surface area contributed by atoms with E-state index in [0.717, 1.165) is 40.5 Å². The molecule has 0 aliphatic carbocycles. The Labute approximate surface area is 148 Å². The summed E-state index contributed by atoms with van der Waals surface area (Å²) in [7, 11) is 0. The van der Waals surface area contributed by atoms with Crippen LogP contribution in [-0.2, 0) is 6.42 Å². The summed E-state index contributed by atoms with van der Waals surface area (Å²) in [5, 5.41) is 13.3. The quantitative estimate of drug-likeness (QED) is 0.701. The highest BCUT2D eigenvalue weighted by atomic mass is 32.1. The number of hydrogen-bond donors (Lipinski definition) is 1. The van der Waals surface area contributed by atoms with Crippen molar-refractivity contribution in [3.05, 3.63) is 45.9 Å². The Morgan fingerprint density at radius 1 is 1.17 bits per heavy atom. The molecule has 24 heavy (non-hydrogen) atoms. The van der Waals surface area contributed by atoms with Gasteiger partial charge in [0.15, 0.2) is 0 Å². The minimum atomic E-state index is -0.176. The molecule has 124 valence electrons. The van der Waals surface area contributed by atoms with E-state index < -0.39 is 0 Å². The SMILES string of the molecule is CCCCc1nnc(NC(=O)c2sc(-c3ccccc3)nc2C)s1. The van der Waals surface area contributed by atoms with Gasteiger partial charge in [0.2, 0.25) is 5.13 Å². The maximum absolute atomic E-state index is 12.5. The molecule has 0 fully saturated rings. The number of benzene rings is 1. The molecule has 0 unspecified atom stereocenters. The van der Waals surface area contributed by atoms with Gasteiger partial charge in [0.1, 0.15) is 14.9 Å². The summed E-state index contributed by atoms with van der Waals surface area (Å²) in [6, 6.07) is 9.87. The smallest absolute Gasteiger partial charge is 0.269 e. The molecule has 0 aliphatic heterocycles. The number of carbonyl (C=O) groups excluding carboxylic acids is 1. The van der Waals surface area contributed by atoms with Crippen LogP contribution in [0.4, 0.5) is 5.13 Å². The molecule has 0 aliphatic rings. The maximum Gasteiger partial charge on any atom is 0.269 e. The molecular formula is C17H18N4OS2. The molecular weight excluding hydrogens is 340 g/mol. The van der Waals surface area contributed by atoms with Crippen LogP contribution in [0.25, 0.3) is 10.6 Å². The normalized spacial score (nSPS) is 10.8. The van der Waals surface area contributed by atoms with Gasteiger partial charge in [-0.1, -0.05) is 55.0 Å². The minimum Gasteiger partial charge on any atom is -0.296 e. The van der Waals surface area contributed by atoms with Crippen LogP contribution in [0.3, 0.4) is 0 Å². The number of nitrogens with zero attached hydrogens (tertiary/aromatic N) is 3. The second kappa shape index (κ2) is 7.63. The van der Waals surface area contributed by atoms with E-state index in [2.05, 4.69) is 27.4 Å². The first-order valence-corrected chi connectivity index (χ1v) is 9.47. The lowest BCUT2D eigenvalue weighted by Crippen LogP contribution is -2.11. The van der Waals surface area contributed by atoms with Crippen LogP contribution in [0.2, 0.25) is 0 Å². The van der Waals surface area contributed by atoms with E-state index in [1.54, 1.807) is 0 Å². The number of carbonyl (C=O) groups is 1. The number of rotatable bonds is 6. The number of anilines is 1. The van der Waals surface area contributed by atoms with Crippen molar-refractivity contribution in [3.8, 4) is 10.6 Å². The van der Waals surface area contributed by atoms with Gasteiger partial charge in [-0.25, -0.2) is 4.98 Å². The highest BCUT2D eigenvalue weighted by molar-refractivity contribution is 7.17. The zero-order chi connectivity index (χ0) is 16.9. The Morgan fingerprint density at radius 2 is 1.96 bits per heavy atom. The molecule has 0 atom stereocenters. The summed E-state index contributed by atoms with van der Waals surface area (Å²) >= 11 is 2.83. The van der Waals surface area contributed by atoms with Gasteiger partial charge in [0.25, 0.3) is 5.91 Å². The average molecular weight is 358 g/mol. The van der Waals surface area contributed by atoms with Crippen LogP contribution in [-0.4, -0.2) is 21.1 Å². The summed E-state index contributed by atoms with van der Waals surface area (Å²) < 4.78 is 0. The summed E-state index contributed by atoms with van der Waals surface area (Å²) in [4.78, 5) is 17.6. The van der Waals surface area contributed by atoms with Crippen molar-refractivity contribution in [2.45, 2.75) is 33.1 Å². The molecule has 3 aromatic rings. The van der Waals surface area contributed by atoms with E-state index in [0.29, 0.717) is 10.0 Å². The Balaban J connectivity index is 1.73. The highest BCUT2D eigenvalue weighted by Crippen LogP contribution is 2.28. The summed E-state index contributed by atoms with van der Waals surface area (Å²) in [6.45, 7) is 3.99. The molecule has 7 heteroatoms. The average Bonchev–Trinajstić information content (AvgIpc) is 3.20. The van der Waals surface area contributed by atoms with E-state index in [9.17, 15) is 4.79 Å². The summed E-state index contributed by atoms with van der Waals surface area (Å²) in [5.41, 5.74) is 1.74. The predicted octanol–water partition coefficient (Wildman–Crippen LogP) is 4.56. The van der Waals surface area contributed by atoms with Crippen LogP contribution < -0.4 is 5.32 Å². The molecule has 0 bridgehead atoms. The molecule has 0 saturated heterocycles. The fourth-order valence-corrected chi connectivity index (χ4v) is 3.94. The molecule has 2 aromatic heterocycles. The number of unbranched alkanes of at least 4 members (excludes halogenated alkanes) is 1. The van der Waals surface area contributed by atoms with Crippen molar-refractivity contribution in [2.75, 3.05) is 5.32 Å². The Morgan fingerprint density at radius 3 is 2.71 bits per heavy atom. The zero-order valence-electron chi connectivity index (χ0n) is 13.6. The first-order chi connectivity index (χ1) is 11.7. The van der Waals surface area contributed by atoms with Crippen molar-refractivity contribution in [2.24, 2.45) is 0 Å². The van der Waals surface area contributed by atoms with E-state index in [4.69, 9.17) is 0 Å². The second-order valence-electron chi connectivity index (χ2n) is 5.36. The van der Waals surface area contributed by atoms with Gasteiger partial charge in [-0.3, -0.25) is 10.1 Å². The van der Waals surface area contributed by atoms with Crippen molar-refractivity contribution >= 4 is 33.7 Å². The third-order valence-corrected chi connectivity index (χ3v) is 5.56. The second-order valence-corrected chi connectivity index (χ2v) is 7.42. The van der Waals surface area contributed by atoms with Gasteiger partial charge >= 0.3 is 0 Å². The van der Waals surface area contributed by atoms with E-state index in [1.807, 2.05) is 37.3 Å². The van der Waals surface area contributed by atoms with Crippen LogP contribution in [0.1, 0.15) is 40.1 Å². The number of nitrogens with one attached hydrogen (secondary N) is 1. The molecule has 5 nitrogen and oxygen atoms in total. The van der Waals surface area contributed by atoms with Crippen LogP contribution >= 0.6 is 22.7 Å². The van der Waals surface area contributed by atoms with E-state index in [-0.39, 0.29) is 5.91 Å². The number of hydrogen-bond acceptors (Lipinski definition) is 6. The molecule has 1 amide bonds. The monoisotopic (exact) mass is 358 g/mol.